The summed E-state index contributed by atoms with van der Waals surface area (Å²) in [6.07, 6.45) is 8.08. The van der Waals surface area contributed by atoms with Gasteiger partial charge in [-0.1, -0.05) is 0 Å². The topological polar surface area (TPSA) is 101 Å². The lowest BCUT2D eigenvalue weighted by molar-refractivity contribution is 0.0483. The number of nitrogens with one attached hydrogen (secondary N) is 1. The Morgan fingerprint density at radius 1 is 0.875 bits per heavy atom. The molecule has 214 valence electrons. The summed E-state index contributed by atoms with van der Waals surface area (Å²) in [5.41, 5.74) is 1.92. The van der Waals surface area contributed by atoms with Crippen LogP contribution in [0.5, 0.6) is 6.01 Å². The number of fused-ring (bicyclic) bond motifs is 1. The Balaban J connectivity index is 1.18. The SMILES string of the molecule is CN(C)C1CCN(c2ccc(Nc3cc4c(N5CCOCC5)nc(OCC5CCOCC5)nc4cn3)nc2)CC1. The minimum Gasteiger partial charge on any atom is -0.463 e. The van der Waals surface area contributed by atoms with Crippen LogP contribution in [0.25, 0.3) is 10.9 Å². The molecule has 3 aromatic rings. The lowest BCUT2D eigenvalue weighted by Crippen LogP contribution is -2.42. The summed E-state index contributed by atoms with van der Waals surface area (Å²) in [4.78, 5) is 25.9. The second kappa shape index (κ2) is 12.5. The van der Waals surface area contributed by atoms with E-state index in [1.165, 1.54) is 12.8 Å². The molecule has 0 saturated carbocycles. The molecular weight excluding hydrogens is 508 g/mol. The van der Waals surface area contributed by atoms with Crippen LogP contribution in [0.3, 0.4) is 0 Å². The van der Waals surface area contributed by atoms with Gasteiger partial charge in [-0.25, -0.2) is 9.97 Å². The van der Waals surface area contributed by atoms with Crippen molar-refractivity contribution in [2.75, 3.05) is 88.4 Å². The van der Waals surface area contributed by atoms with Crippen LogP contribution in [0, 0.1) is 5.92 Å². The maximum absolute atomic E-state index is 6.09. The average molecular weight is 549 g/mol. The minimum absolute atomic E-state index is 0.398. The Kier molecular flexibility index (Phi) is 8.40. The van der Waals surface area contributed by atoms with Gasteiger partial charge in [0.05, 0.1) is 43.4 Å². The van der Waals surface area contributed by atoms with E-state index in [0.29, 0.717) is 43.6 Å². The van der Waals surface area contributed by atoms with Crippen molar-refractivity contribution in [3.05, 3.63) is 30.6 Å². The number of rotatable bonds is 8. The first-order chi connectivity index (χ1) is 19.6. The summed E-state index contributed by atoms with van der Waals surface area (Å²) >= 11 is 0. The maximum Gasteiger partial charge on any atom is 0.319 e. The third-order valence-electron chi connectivity index (χ3n) is 8.21. The smallest absolute Gasteiger partial charge is 0.319 e. The van der Waals surface area contributed by atoms with Crippen molar-refractivity contribution >= 4 is 34.0 Å². The lowest BCUT2D eigenvalue weighted by atomic mass is 10.0. The summed E-state index contributed by atoms with van der Waals surface area (Å²) in [5, 5.41) is 4.30. The molecule has 11 nitrogen and oxygen atoms in total. The van der Waals surface area contributed by atoms with E-state index in [2.05, 4.69) is 50.1 Å². The highest BCUT2D eigenvalue weighted by Gasteiger charge is 2.22. The van der Waals surface area contributed by atoms with E-state index in [1.54, 1.807) is 6.20 Å². The molecule has 3 aliphatic heterocycles. The zero-order chi connectivity index (χ0) is 27.3. The highest BCUT2D eigenvalue weighted by Crippen LogP contribution is 2.30. The Hall–Kier alpha value is -3.28. The summed E-state index contributed by atoms with van der Waals surface area (Å²) in [5.74, 6) is 2.77. The summed E-state index contributed by atoms with van der Waals surface area (Å²) in [6.45, 7) is 7.16. The first kappa shape index (κ1) is 26.9. The van der Waals surface area contributed by atoms with E-state index in [9.17, 15) is 0 Å². The molecule has 0 spiro atoms. The molecule has 1 N–H and O–H groups in total. The average Bonchev–Trinajstić information content (AvgIpc) is 3.01. The van der Waals surface area contributed by atoms with Gasteiger partial charge in [-0.2, -0.15) is 9.97 Å². The number of hydrogen-bond donors (Lipinski definition) is 1. The van der Waals surface area contributed by atoms with Crippen LogP contribution in [-0.4, -0.2) is 104 Å². The number of hydrogen-bond acceptors (Lipinski definition) is 11. The highest BCUT2D eigenvalue weighted by atomic mass is 16.5. The minimum atomic E-state index is 0.398. The fourth-order valence-electron chi connectivity index (χ4n) is 5.67. The van der Waals surface area contributed by atoms with E-state index < -0.39 is 0 Å². The van der Waals surface area contributed by atoms with E-state index in [-0.39, 0.29) is 0 Å². The summed E-state index contributed by atoms with van der Waals surface area (Å²) < 4.78 is 17.2. The van der Waals surface area contributed by atoms with Gasteiger partial charge in [0.25, 0.3) is 0 Å². The summed E-state index contributed by atoms with van der Waals surface area (Å²) in [7, 11) is 4.33. The van der Waals surface area contributed by atoms with Crippen LogP contribution in [0.15, 0.2) is 30.6 Å². The van der Waals surface area contributed by atoms with Crippen LogP contribution in [0.2, 0.25) is 0 Å². The Labute approximate surface area is 235 Å². The van der Waals surface area contributed by atoms with Crippen LogP contribution >= 0.6 is 0 Å². The van der Waals surface area contributed by atoms with Gasteiger partial charge >= 0.3 is 6.01 Å². The first-order valence-corrected chi connectivity index (χ1v) is 14.5. The van der Waals surface area contributed by atoms with Crippen LogP contribution in [0.1, 0.15) is 25.7 Å². The van der Waals surface area contributed by atoms with Crippen molar-refractivity contribution in [2.24, 2.45) is 5.92 Å². The molecule has 3 aromatic heterocycles. The zero-order valence-electron chi connectivity index (χ0n) is 23.6. The molecule has 3 aliphatic rings. The van der Waals surface area contributed by atoms with Crippen molar-refractivity contribution in [3.63, 3.8) is 0 Å². The maximum atomic E-state index is 6.09. The molecule has 6 heterocycles. The number of nitrogens with zero attached hydrogens (tertiary/aromatic N) is 7. The highest BCUT2D eigenvalue weighted by molar-refractivity contribution is 5.91. The quantitative estimate of drug-likeness (QED) is 0.449. The fourth-order valence-corrected chi connectivity index (χ4v) is 5.67. The number of pyridine rings is 2. The van der Waals surface area contributed by atoms with Crippen LogP contribution in [0.4, 0.5) is 23.1 Å². The molecular formula is C29H40N8O3. The number of anilines is 4. The third-order valence-corrected chi connectivity index (χ3v) is 8.21. The largest absolute Gasteiger partial charge is 0.463 e. The van der Waals surface area contributed by atoms with Crippen molar-refractivity contribution in [3.8, 4) is 6.01 Å². The van der Waals surface area contributed by atoms with E-state index >= 15 is 0 Å². The lowest BCUT2D eigenvalue weighted by Gasteiger charge is -2.36. The predicted molar refractivity (Wildman–Crippen MR) is 156 cm³/mol. The van der Waals surface area contributed by atoms with Gasteiger partial charge in [-0.05, 0) is 63.9 Å². The van der Waals surface area contributed by atoms with Gasteiger partial charge in [-0.3, -0.25) is 0 Å². The monoisotopic (exact) mass is 548 g/mol. The van der Waals surface area contributed by atoms with Gasteiger partial charge in [0, 0.05) is 50.8 Å². The summed E-state index contributed by atoms with van der Waals surface area (Å²) in [6, 6.07) is 7.21. The first-order valence-electron chi connectivity index (χ1n) is 14.5. The number of piperidine rings is 1. The van der Waals surface area contributed by atoms with Crippen molar-refractivity contribution in [1.82, 2.24) is 24.8 Å². The fraction of sp³-hybridized carbons (Fsp3) is 0.586. The van der Waals surface area contributed by atoms with Gasteiger partial charge in [-0.15, -0.1) is 0 Å². The van der Waals surface area contributed by atoms with Crippen molar-refractivity contribution in [1.29, 1.82) is 0 Å². The Morgan fingerprint density at radius 3 is 2.35 bits per heavy atom. The Bertz CT molecular complexity index is 1250. The molecule has 11 heteroatoms. The molecule has 0 aromatic carbocycles. The normalized spacial score (nSPS) is 19.4. The molecule has 0 atom stereocenters. The van der Waals surface area contributed by atoms with Crippen LogP contribution < -0.4 is 19.9 Å². The van der Waals surface area contributed by atoms with Gasteiger partial charge < -0.3 is 34.2 Å². The number of aromatic nitrogens is 4. The molecule has 3 fully saturated rings. The molecule has 40 heavy (non-hydrogen) atoms. The van der Waals surface area contributed by atoms with Gasteiger partial charge in [0.2, 0.25) is 0 Å². The second-order valence-electron chi connectivity index (χ2n) is 11.1. The molecule has 0 amide bonds. The van der Waals surface area contributed by atoms with Gasteiger partial charge in [0.1, 0.15) is 17.5 Å². The van der Waals surface area contributed by atoms with Crippen molar-refractivity contribution in [2.45, 2.75) is 31.7 Å². The number of morpholine rings is 1. The Morgan fingerprint density at radius 2 is 1.62 bits per heavy atom. The number of ether oxygens (including phenoxy) is 3. The standard InChI is InChI=1S/C29H40N8O3/c1-35(2)22-5-9-36(10-6-22)23-3-4-26(30-18-23)33-27-17-24-25(19-31-27)32-29(40-20-21-7-13-38-14-8-21)34-28(24)37-11-15-39-16-12-37/h3-4,17-19,21-22H,5-16,20H2,1-2H3,(H,30,31,33). The molecule has 3 saturated heterocycles. The molecule has 0 radical (unpaired) electrons. The van der Waals surface area contributed by atoms with E-state index in [4.69, 9.17) is 24.2 Å². The zero-order valence-corrected chi connectivity index (χ0v) is 23.6. The predicted octanol–water partition coefficient (Wildman–Crippen LogP) is 3.34. The molecule has 0 unspecified atom stereocenters. The van der Waals surface area contributed by atoms with Crippen molar-refractivity contribution < 1.29 is 14.2 Å². The van der Waals surface area contributed by atoms with Crippen LogP contribution in [-0.2, 0) is 9.47 Å². The molecule has 6 rings (SSSR count). The third kappa shape index (κ3) is 6.37. The second-order valence-corrected chi connectivity index (χ2v) is 11.1. The molecule has 0 aliphatic carbocycles. The van der Waals surface area contributed by atoms with E-state index in [1.807, 2.05) is 18.3 Å². The molecule has 0 bridgehead atoms. The van der Waals surface area contributed by atoms with E-state index in [0.717, 1.165) is 80.5 Å². The van der Waals surface area contributed by atoms with Gasteiger partial charge in [0.15, 0.2) is 0 Å².